The largest absolute Gasteiger partial charge is 0.481 e. The maximum Gasteiger partial charge on any atom is 0.320 e. The second-order valence-electron chi connectivity index (χ2n) is 5.53. The van der Waals surface area contributed by atoms with E-state index in [0.29, 0.717) is 19.5 Å². The highest BCUT2D eigenvalue weighted by Crippen LogP contribution is 2.31. The molecule has 2 heterocycles. The Balaban J connectivity index is 1.90. The lowest BCUT2D eigenvalue weighted by Gasteiger charge is -2.39. The number of urea groups is 1. The number of likely N-dealkylation sites (tertiary alicyclic amines) is 2. The summed E-state index contributed by atoms with van der Waals surface area (Å²) < 4.78 is 0. The van der Waals surface area contributed by atoms with Gasteiger partial charge in [0.2, 0.25) is 5.91 Å². The molecular weight excluding hydrogens is 250 g/mol. The van der Waals surface area contributed by atoms with Gasteiger partial charge in [0.25, 0.3) is 0 Å². The first-order chi connectivity index (χ1) is 8.87. The third-order valence-corrected chi connectivity index (χ3v) is 4.02. The van der Waals surface area contributed by atoms with Crippen molar-refractivity contribution in [2.75, 3.05) is 33.2 Å². The fourth-order valence-corrected chi connectivity index (χ4v) is 2.60. The monoisotopic (exact) mass is 269 g/mol. The molecule has 1 unspecified atom stereocenters. The minimum absolute atomic E-state index is 0.0604. The Hall–Kier alpha value is -1.79. The Morgan fingerprint density at radius 2 is 1.89 bits per heavy atom. The Kier molecular flexibility index (Phi) is 3.38. The molecular formula is C12H19N3O4. The topological polar surface area (TPSA) is 90.0 Å². The second kappa shape index (κ2) is 4.71. The molecule has 0 spiro atoms. The standard InChI is InChI=1S/C12H19N3O4/c1-12(10(18)13-2)3-4-14(7-12)11(19)15-5-8(6-15)9(16)17/h8H,3-7H2,1-2H3,(H,13,18)(H,16,17). The first-order valence-electron chi connectivity index (χ1n) is 6.36. The van der Waals surface area contributed by atoms with Gasteiger partial charge in [-0.05, 0) is 13.3 Å². The van der Waals surface area contributed by atoms with Crippen molar-refractivity contribution < 1.29 is 19.5 Å². The Morgan fingerprint density at radius 1 is 1.26 bits per heavy atom. The number of aliphatic carboxylic acids is 1. The van der Waals surface area contributed by atoms with E-state index in [9.17, 15) is 14.4 Å². The molecule has 0 aromatic heterocycles. The maximum absolute atomic E-state index is 12.1. The van der Waals surface area contributed by atoms with Crippen LogP contribution in [-0.4, -0.2) is 66.0 Å². The zero-order valence-corrected chi connectivity index (χ0v) is 11.2. The average Bonchev–Trinajstić information content (AvgIpc) is 2.69. The molecule has 2 aliphatic heterocycles. The molecule has 0 aliphatic carbocycles. The summed E-state index contributed by atoms with van der Waals surface area (Å²) in [7, 11) is 1.59. The molecule has 2 N–H and O–H groups in total. The molecule has 3 amide bonds. The van der Waals surface area contributed by atoms with Crippen LogP contribution in [0.2, 0.25) is 0 Å². The summed E-state index contributed by atoms with van der Waals surface area (Å²) in [6, 6.07) is -0.162. The highest BCUT2D eigenvalue weighted by Gasteiger charge is 2.45. The maximum atomic E-state index is 12.1. The van der Waals surface area contributed by atoms with Crippen LogP contribution in [0.3, 0.4) is 0 Å². The molecule has 7 heteroatoms. The molecule has 2 saturated heterocycles. The lowest BCUT2D eigenvalue weighted by Crippen LogP contribution is -2.57. The van der Waals surface area contributed by atoms with Crippen LogP contribution in [0.4, 0.5) is 4.79 Å². The summed E-state index contributed by atoms with van der Waals surface area (Å²) in [6.07, 6.45) is 0.634. The van der Waals surface area contributed by atoms with Gasteiger partial charge in [0.15, 0.2) is 0 Å². The van der Waals surface area contributed by atoms with E-state index in [1.54, 1.807) is 11.9 Å². The first-order valence-corrected chi connectivity index (χ1v) is 6.36. The molecule has 0 bridgehead atoms. The van der Waals surface area contributed by atoms with Crippen molar-refractivity contribution in [2.45, 2.75) is 13.3 Å². The Bertz CT molecular complexity index is 419. The summed E-state index contributed by atoms with van der Waals surface area (Å²) in [4.78, 5) is 37.7. The number of carboxylic acid groups (broad SMARTS) is 1. The second-order valence-corrected chi connectivity index (χ2v) is 5.53. The molecule has 0 aromatic carbocycles. The van der Waals surface area contributed by atoms with Crippen LogP contribution < -0.4 is 5.32 Å². The van der Waals surface area contributed by atoms with Crippen molar-refractivity contribution in [3.05, 3.63) is 0 Å². The first kappa shape index (κ1) is 13.6. The lowest BCUT2D eigenvalue weighted by molar-refractivity contribution is -0.146. The number of carboxylic acids is 1. The van der Waals surface area contributed by atoms with E-state index >= 15 is 0 Å². The van der Waals surface area contributed by atoms with Gasteiger partial charge in [-0.3, -0.25) is 9.59 Å². The van der Waals surface area contributed by atoms with Gasteiger partial charge in [-0.15, -0.1) is 0 Å². The molecule has 1 atom stereocenters. The fourth-order valence-electron chi connectivity index (χ4n) is 2.60. The van der Waals surface area contributed by atoms with Crippen molar-refractivity contribution in [1.29, 1.82) is 0 Å². The number of carbonyl (C=O) groups excluding carboxylic acids is 2. The predicted molar refractivity (Wildman–Crippen MR) is 66.5 cm³/mol. The quantitative estimate of drug-likeness (QED) is 0.712. The van der Waals surface area contributed by atoms with Gasteiger partial charge in [-0.25, -0.2) is 4.79 Å². The number of amides is 3. The van der Waals surface area contributed by atoms with Crippen molar-refractivity contribution in [1.82, 2.24) is 15.1 Å². The third-order valence-electron chi connectivity index (χ3n) is 4.02. The molecule has 2 aliphatic rings. The smallest absolute Gasteiger partial charge is 0.320 e. The number of rotatable bonds is 2. The predicted octanol–water partition coefficient (Wildman–Crippen LogP) is -0.419. The zero-order valence-electron chi connectivity index (χ0n) is 11.2. The summed E-state index contributed by atoms with van der Waals surface area (Å²) in [5.41, 5.74) is -0.540. The van der Waals surface area contributed by atoms with Crippen molar-refractivity contribution in [3.8, 4) is 0 Å². The molecule has 0 saturated carbocycles. The van der Waals surface area contributed by atoms with Crippen LogP contribution in [0.1, 0.15) is 13.3 Å². The molecule has 0 radical (unpaired) electrons. The summed E-state index contributed by atoms with van der Waals surface area (Å²) in [5.74, 6) is -1.37. The van der Waals surface area contributed by atoms with Gasteiger partial charge >= 0.3 is 12.0 Å². The van der Waals surface area contributed by atoms with Gasteiger partial charge in [-0.1, -0.05) is 0 Å². The minimum atomic E-state index is -0.860. The van der Waals surface area contributed by atoms with E-state index in [4.69, 9.17) is 5.11 Å². The summed E-state index contributed by atoms with van der Waals surface area (Å²) in [5, 5.41) is 11.4. The molecule has 2 rings (SSSR count). The number of hydrogen-bond donors (Lipinski definition) is 2. The highest BCUT2D eigenvalue weighted by atomic mass is 16.4. The van der Waals surface area contributed by atoms with Crippen molar-refractivity contribution >= 4 is 17.9 Å². The lowest BCUT2D eigenvalue weighted by atomic mass is 9.89. The molecule has 106 valence electrons. The number of hydrogen-bond acceptors (Lipinski definition) is 3. The minimum Gasteiger partial charge on any atom is -0.481 e. The van der Waals surface area contributed by atoms with E-state index in [2.05, 4.69) is 5.32 Å². The summed E-state index contributed by atoms with van der Waals surface area (Å²) >= 11 is 0. The third kappa shape index (κ3) is 2.36. The van der Waals surface area contributed by atoms with Crippen LogP contribution in [0.25, 0.3) is 0 Å². The van der Waals surface area contributed by atoms with E-state index in [1.807, 2.05) is 6.92 Å². The normalized spacial score (nSPS) is 27.1. The van der Waals surface area contributed by atoms with E-state index in [-0.39, 0.29) is 25.0 Å². The van der Waals surface area contributed by atoms with Crippen LogP contribution in [0.5, 0.6) is 0 Å². The SMILES string of the molecule is CNC(=O)C1(C)CCN(C(=O)N2CC(C(=O)O)C2)C1. The fraction of sp³-hybridized carbons (Fsp3) is 0.750. The van der Waals surface area contributed by atoms with Crippen LogP contribution in [-0.2, 0) is 9.59 Å². The van der Waals surface area contributed by atoms with Crippen LogP contribution >= 0.6 is 0 Å². The average molecular weight is 269 g/mol. The molecule has 0 aromatic rings. The van der Waals surface area contributed by atoms with Crippen molar-refractivity contribution in [2.24, 2.45) is 11.3 Å². The van der Waals surface area contributed by atoms with E-state index in [0.717, 1.165) is 0 Å². The van der Waals surface area contributed by atoms with Crippen LogP contribution in [0.15, 0.2) is 0 Å². The van der Waals surface area contributed by atoms with Gasteiger partial charge in [0.05, 0.1) is 11.3 Å². The zero-order chi connectivity index (χ0) is 14.2. The molecule has 7 nitrogen and oxygen atoms in total. The highest BCUT2D eigenvalue weighted by molar-refractivity contribution is 5.85. The van der Waals surface area contributed by atoms with Gasteiger partial charge < -0.3 is 20.2 Å². The van der Waals surface area contributed by atoms with Gasteiger partial charge in [0, 0.05) is 33.2 Å². The molecule has 2 fully saturated rings. The number of nitrogens with zero attached hydrogens (tertiary/aromatic N) is 2. The molecule has 19 heavy (non-hydrogen) atoms. The van der Waals surface area contributed by atoms with Gasteiger partial charge in [-0.2, -0.15) is 0 Å². The summed E-state index contributed by atoms with van der Waals surface area (Å²) in [6.45, 7) is 3.30. The Morgan fingerprint density at radius 3 is 2.42 bits per heavy atom. The Labute approximate surface area is 111 Å². The van der Waals surface area contributed by atoms with Crippen molar-refractivity contribution in [3.63, 3.8) is 0 Å². The van der Waals surface area contributed by atoms with Gasteiger partial charge in [0.1, 0.15) is 0 Å². The van der Waals surface area contributed by atoms with E-state index in [1.165, 1.54) is 4.90 Å². The van der Waals surface area contributed by atoms with E-state index < -0.39 is 17.3 Å². The van der Waals surface area contributed by atoms with Crippen LogP contribution in [0, 0.1) is 11.3 Å². The number of nitrogens with one attached hydrogen (secondary N) is 1. The number of carbonyl (C=O) groups is 3.